The lowest BCUT2D eigenvalue weighted by molar-refractivity contribution is -0.137. The zero-order chi connectivity index (χ0) is 21.5. The fourth-order valence-corrected chi connectivity index (χ4v) is 4.04. The standard InChI is InChI=1S/C23H30O6/c1-6-7-8-14(11-16(24)25)17-20(27)18-19(26)12(2)13(3)28-21(18)15-9-10-23(4,5)29-22(15)17/h9-10,12-14,27H,6-8,11H2,1-5H3,(H,24,25)/t12-,13-,14?/m1/s1. The predicted octanol–water partition coefficient (Wildman–Crippen LogP) is 4.92. The number of ether oxygens (including phenoxy) is 2. The quantitative estimate of drug-likeness (QED) is 0.701. The molecule has 0 bridgehead atoms. The smallest absolute Gasteiger partial charge is 0.303 e. The molecule has 0 aliphatic carbocycles. The van der Waals surface area contributed by atoms with Crippen molar-refractivity contribution in [3.63, 3.8) is 0 Å². The molecule has 1 unspecified atom stereocenters. The summed E-state index contributed by atoms with van der Waals surface area (Å²) in [7, 11) is 0. The van der Waals surface area contributed by atoms with Crippen LogP contribution in [0.25, 0.3) is 6.08 Å². The van der Waals surface area contributed by atoms with Crippen molar-refractivity contribution in [3.05, 3.63) is 22.8 Å². The maximum atomic E-state index is 13.1. The molecule has 158 valence electrons. The van der Waals surface area contributed by atoms with Gasteiger partial charge in [-0.25, -0.2) is 0 Å². The molecule has 2 aliphatic rings. The number of phenols is 1. The van der Waals surface area contributed by atoms with Crippen LogP contribution in [0.4, 0.5) is 0 Å². The van der Waals surface area contributed by atoms with Crippen molar-refractivity contribution >= 4 is 17.8 Å². The van der Waals surface area contributed by atoms with Gasteiger partial charge < -0.3 is 19.7 Å². The fourth-order valence-electron chi connectivity index (χ4n) is 4.04. The second kappa shape index (κ2) is 7.73. The second-order valence-corrected chi connectivity index (χ2v) is 8.66. The Labute approximate surface area is 171 Å². The topological polar surface area (TPSA) is 93.1 Å². The molecule has 0 saturated carbocycles. The maximum Gasteiger partial charge on any atom is 0.303 e. The number of aliphatic carboxylic acids is 1. The molecular weight excluding hydrogens is 372 g/mol. The Morgan fingerprint density at radius 2 is 1.97 bits per heavy atom. The van der Waals surface area contributed by atoms with Crippen LogP contribution in [0.3, 0.4) is 0 Å². The molecule has 1 aromatic carbocycles. The van der Waals surface area contributed by atoms with Gasteiger partial charge >= 0.3 is 5.97 Å². The Morgan fingerprint density at radius 3 is 2.59 bits per heavy atom. The van der Waals surface area contributed by atoms with E-state index in [-0.39, 0.29) is 29.6 Å². The number of hydrogen-bond donors (Lipinski definition) is 2. The van der Waals surface area contributed by atoms with Gasteiger partial charge in [-0.15, -0.1) is 0 Å². The molecule has 1 aromatic rings. The van der Waals surface area contributed by atoms with Crippen molar-refractivity contribution < 1.29 is 29.3 Å². The van der Waals surface area contributed by atoms with Crippen LogP contribution in [-0.4, -0.2) is 33.7 Å². The van der Waals surface area contributed by atoms with Crippen LogP contribution in [0.2, 0.25) is 0 Å². The highest BCUT2D eigenvalue weighted by Crippen LogP contribution is 2.53. The number of carbonyl (C=O) groups excluding carboxylic acids is 1. The highest BCUT2D eigenvalue weighted by molar-refractivity contribution is 6.06. The van der Waals surface area contributed by atoms with Crippen molar-refractivity contribution in [1.82, 2.24) is 0 Å². The molecule has 0 saturated heterocycles. The molecule has 0 aromatic heterocycles. The average Bonchev–Trinajstić information content (AvgIpc) is 2.62. The average molecular weight is 402 g/mol. The number of carboxylic acid groups (broad SMARTS) is 1. The maximum absolute atomic E-state index is 13.1. The van der Waals surface area contributed by atoms with Crippen LogP contribution in [0, 0.1) is 5.92 Å². The van der Waals surface area contributed by atoms with Crippen LogP contribution in [0.5, 0.6) is 17.2 Å². The van der Waals surface area contributed by atoms with Gasteiger partial charge in [-0.05, 0) is 39.3 Å². The van der Waals surface area contributed by atoms with Crippen LogP contribution in [-0.2, 0) is 4.79 Å². The zero-order valence-corrected chi connectivity index (χ0v) is 17.7. The molecule has 0 spiro atoms. The van der Waals surface area contributed by atoms with Crippen molar-refractivity contribution in [2.24, 2.45) is 5.92 Å². The molecule has 29 heavy (non-hydrogen) atoms. The number of aromatic hydroxyl groups is 1. The Balaban J connectivity index is 2.29. The van der Waals surface area contributed by atoms with Gasteiger partial charge in [-0.3, -0.25) is 9.59 Å². The summed E-state index contributed by atoms with van der Waals surface area (Å²) >= 11 is 0. The monoisotopic (exact) mass is 402 g/mol. The van der Waals surface area contributed by atoms with E-state index in [1.807, 2.05) is 39.8 Å². The number of benzene rings is 1. The minimum Gasteiger partial charge on any atom is -0.507 e. The lowest BCUT2D eigenvalue weighted by Crippen LogP contribution is -2.35. The van der Waals surface area contributed by atoms with E-state index in [4.69, 9.17) is 9.47 Å². The summed E-state index contributed by atoms with van der Waals surface area (Å²) in [5.41, 5.74) is 0.527. The number of ketones is 1. The summed E-state index contributed by atoms with van der Waals surface area (Å²) in [6.07, 6.45) is 5.54. The Morgan fingerprint density at radius 1 is 1.28 bits per heavy atom. The van der Waals surface area contributed by atoms with Gasteiger partial charge in [-0.2, -0.15) is 0 Å². The molecule has 0 fully saturated rings. The molecule has 2 aliphatic heterocycles. The molecule has 0 radical (unpaired) electrons. The minimum absolute atomic E-state index is 0.143. The van der Waals surface area contributed by atoms with Gasteiger partial charge in [-0.1, -0.05) is 26.7 Å². The summed E-state index contributed by atoms with van der Waals surface area (Å²) in [6.45, 7) is 9.41. The lowest BCUT2D eigenvalue weighted by atomic mass is 9.81. The van der Waals surface area contributed by atoms with Crippen LogP contribution >= 0.6 is 0 Å². The summed E-state index contributed by atoms with van der Waals surface area (Å²) in [6, 6.07) is 0. The third-order valence-corrected chi connectivity index (χ3v) is 5.87. The second-order valence-electron chi connectivity index (χ2n) is 8.66. The highest BCUT2D eigenvalue weighted by atomic mass is 16.5. The summed E-state index contributed by atoms with van der Waals surface area (Å²) in [4.78, 5) is 24.6. The number of carboxylic acids is 1. The molecule has 6 heteroatoms. The van der Waals surface area contributed by atoms with E-state index in [1.165, 1.54) is 0 Å². The molecule has 0 amide bonds. The number of Topliss-reactive ketones (excluding diaryl/α,β-unsaturated/α-hetero) is 1. The van der Waals surface area contributed by atoms with Crippen LogP contribution in [0.1, 0.15) is 87.7 Å². The number of hydrogen-bond acceptors (Lipinski definition) is 5. The van der Waals surface area contributed by atoms with E-state index in [0.29, 0.717) is 29.0 Å². The first-order chi connectivity index (χ1) is 13.6. The van der Waals surface area contributed by atoms with E-state index in [1.54, 1.807) is 6.92 Å². The zero-order valence-electron chi connectivity index (χ0n) is 17.7. The van der Waals surface area contributed by atoms with Gasteiger partial charge in [0.05, 0.1) is 17.9 Å². The van der Waals surface area contributed by atoms with E-state index in [9.17, 15) is 19.8 Å². The third kappa shape index (κ3) is 3.85. The van der Waals surface area contributed by atoms with Crippen molar-refractivity contribution in [2.75, 3.05) is 0 Å². The fraction of sp³-hybridized carbons (Fsp3) is 0.565. The van der Waals surface area contributed by atoms with Crippen molar-refractivity contribution in [1.29, 1.82) is 0 Å². The first kappa shape index (κ1) is 21.2. The molecule has 2 heterocycles. The third-order valence-electron chi connectivity index (χ3n) is 5.87. The number of rotatable bonds is 6. The first-order valence-electron chi connectivity index (χ1n) is 10.3. The number of unbranched alkanes of at least 4 members (excludes halogenated alkanes) is 1. The molecule has 3 atom stereocenters. The molecule has 6 nitrogen and oxygen atoms in total. The van der Waals surface area contributed by atoms with Gasteiger partial charge in [0.15, 0.2) is 5.78 Å². The SMILES string of the molecule is CCCCC(CC(=O)O)c1c(O)c2c(c3c1OC(C)(C)C=C3)O[C@H](C)[C@@H](C)C2=O. The van der Waals surface area contributed by atoms with Gasteiger partial charge in [0.25, 0.3) is 0 Å². The van der Waals surface area contributed by atoms with Crippen LogP contribution < -0.4 is 9.47 Å². The van der Waals surface area contributed by atoms with E-state index >= 15 is 0 Å². The Hall–Kier alpha value is -2.50. The Kier molecular flexibility index (Phi) is 5.65. The molecule has 2 N–H and O–H groups in total. The van der Waals surface area contributed by atoms with Crippen molar-refractivity contribution in [2.45, 2.75) is 77.9 Å². The minimum atomic E-state index is -0.952. The number of fused-ring (bicyclic) bond motifs is 3. The van der Waals surface area contributed by atoms with Crippen LogP contribution in [0.15, 0.2) is 6.08 Å². The summed E-state index contributed by atoms with van der Waals surface area (Å²) < 4.78 is 12.2. The first-order valence-corrected chi connectivity index (χ1v) is 10.3. The van der Waals surface area contributed by atoms with Gasteiger partial charge in [0, 0.05) is 11.5 Å². The number of phenolic OH excluding ortho intramolecular Hbond substituents is 1. The Bertz CT molecular complexity index is 867. The van der Waals surface area contributed by atoms with E-state index in [0.717, 1.165) is 12.8 Å². The van der Waals surface area contributed by atoms with E-state index < -0.39 is 23.4 Å². The van der Waals surface area contributed by atoms with Gasteiger partial charge in [0.2, 0.25) is 0 Å². The number of carbonyl (C=O) groups is 2. The molecule has 3 rings (SSSR count). The molecular formula is C23H30O6. The largest absolute Gasteiger partial charge is 0.507 e. The highest BCUT2D eigenvalue weighted by Gasteiger charge is 2.41. The lowest BCUT2D eigenvalue weighted by Gasteiger charge is -2.36. The summed E-state index contributed by atoms with van der Waals surface area (Å²) in [5, 5.41) is 20.7. The van der Waals surface area contributed by atoms with E-state index in [2.05, 4.69) is 0 Å². The normalized spacial score (nSPS) is 22.9. The van der Waals surface area contributed by atoms with Crippen molar-refractivity contribution in [3.8, 4) is 17.2 Å². The van der Waals surface area contributed by atoms with Gasteiger partial charge in [0.1, 0.15) is 34.5 Å². The summed E-state index contributed by atoms with van der Waals surface area (Å²) in [5.74, 6) is -1.46. The predicted molar refractivity (Wildman–Crippen MR) is 110 cm³/mol.